The SMILES string of the molecule is O=C(NC1CCCC1)[C@H](Cc1ccccc1)N(Cc1cccc(Cl)c1)C(=O)CN1C(=O)c2cccc3cccc1c23. The molecule has 2 aliphatic rings. The zero-order chi connectivity index (χ0) is 28.3. The van der Waals surface area contributed by atoms with Crippen molar-refractivity contribution in [3.8, 4) is 0 Å². The van der Waals surface area contributed by atoms with Crippen LogP contribution in [0.2, 0.25) is 5.02 Å². The van der Waals surface area contributed by atoms with Gasteiger partial charge in [-0.05, 0) is 53.6 Å². The van der Waals surface area contributed by atoms with Crippen LogP contribution >= 0.6 is 11.6 Å². The lowest BCUT2D eigenvalue weighted by Gasteiger charge is -2.33. The zero-order valence-electron chi connectivity index (χ0n) is 22.8. The molecule has 1 saturated carbocycles. The van der Waals surface area contributed by atoms with E-state index in [2.05, 4.69) is 5.32 Å². The van der Waals surface area contributed by atoms with E-state index in [9.17, 15) is 14.4 Å². The topological polar surface area (TPSA) is 69.7 Å². The van der Waals surface area contributed by atoms with Crippen molar-refractivity contribution in [1.82, 2.24) is 10.2 Å². The summed E-state index contributed by atoms with van der Waals surface area (Å²) >= 11 is 6.31. The van der Waals surface area contributed by atoms with Crippen molar-refractivity contribution in [2.75, 3.05) is 11.4 Å². The molecule has 0 saturated heterocycles. The maximum Gasteiger partial charge on any atom is 0.259 e. The third kappa shape index (κ3) is 5.70. The Morgan fingerprint density at radius 2 is 1.61 bits per heavy atom. The van der Waals surface area contributed by atoms with Gasteiger partial charge in [0.25, 0.3) is 5.91 Å². The maximum atomic E-state index is 14.3. The number of nitrogens with zero attached hydrogens (tertiary/aromatic N) is 2. The van der Waals surface area contributed by atoms with Crippen LogP contribution in [0.15, 0.2) is 91.0 Å². The minimum atomic E-state index is -0.764. The molecule has 6 nitrogen and oxygen atoms in total. The van der Waals surface area contributed by atoms with Crippen LogP contribution in [-0.4, -0.2) is 41.2 Å². The number of halogens is 1. The van der Waals surface area contributed by atoms with E-state index >= 15 is 0 Å². The maximum absolute atomic E-state index is 14.3. The van der Waals surface area contributed by atoms with Crippen LogP contribution in [0.4, 0.5) is 5.69 Å². The number of carbonyl (C=O) groups is 3. The van der Waals surface area contributed by atoms with Gasteiger partial charge in [0.2, 0.25) is 11.8 Å². The lowest BCUT2D eigenvalue weighted by Crippen LogP contribution is -2.54. The Labute approximate surface area is 244 Å². The molecule has 1 aliphatic heterocycles. The smallest absolute Gasteiger partial charge is 0.259 e. The van der Waals surface area contributed by atoms with E-state index in [1.54, 1.807) is 21.9 Å². The van der Waals surface area contributed by atoms with Crippen molar-refractivity contribution < 1.29 is 14.4 Å². The van der Waals surface area contributed by atoms with Gasteiger partial charge in [-0.25, -0.2) is 0 Å². The number of carbonyl (C=O) groups excluding carboxylic acids is 3. The lowest BCUT2D eigenvalue weighted by molar-refractivity contribution is -0.140. The van der Waals surface area contributed by atoms with Crippen LogP contribution in [0, 0.1) is 0 Å². The van der Waals surface area contributed by atoms with Crippen molar-refractivity contribution >= 4 is 45.8 Å². The van der Waals surface area contributed by atoms with Crippen LogP contribution in [-0.2, 0) is 22.6 Å². The molecule has 1 fully saturated rings. The summed E-state index contributed by atoms with van der Waals surface area (Å²) < 4.78 is 0. The van der Waals surface area contributed by atoms with E-state index in [1.807, 2.05) is 78.9 Å². The van der Waals surface area contributed by atoms with Crippen LogP contribution < -0.4 is 10.2 Å². The first-order chi connectivity index (χ1) is 20.0. The number of amides is 3. The summed E-state index contributed by atoms with van der Waals surface area (Å²) in [5.41, 5.74) is 3.08. The van der Waals surface area contributed by atoms with Gasteiger partial charge < -0.3 is 10.2 Å². The fourth-order valence-corrected chi connectivity index (χ4v) is 6.33. The molecule has 0 radical (unpaired) electrons. The predicted molar refractivity (Wildman–Crippen MR) is 162 cm³/mol. The Bertz CT molecular complexity index is 1590. The Balaban J connectivity index is 1.35. The normalized spacial score (nSPS) is 15.3. The Morgan fingerprint density at radius 1 is 0.902 bits per heavy atom. The molecule has 1 N–H and O–H groups in total. The molecule has 0 spiro atoms. The van der Waals surface area contributed by atoms with Crippen LogP contribution in [0.3, 0.4) is 0 Å². The van der Waals surface area contributed by atoms with Crippen LogP contribution in [0.25, 0.3) is 10.8 Å². The molecule has 208 valence electrons. The van der Waals surface area contributed by atoms with Gasteiger partial charge in [0, 0.05) is 35.0 Å². The van der Waals surface area contributed by atoms with Gasteiger partial charge in [0.05, 0.1) is 5.69 Å². The van der Waals surface area contributed by atoms with Gasteiger partial charge in [-0.2, -0.15) is 0 Å². The zero-order valence-corrected chi connectivity index (χ0v) is 23.5. The van der Waals surface area contributed by atoms with Crippen molar-refractivity contribution in [1.29, 1.82) is 0 Å². The van der Waals surface area contributed by atoms with Crippen molar-refractivity contribution in [3.63, 3.8) is 0 Å². The number of anilines is 1. The second-order valence-corrected chi connectivity index (χ2v) is 11.4. The third-order valence-corrected chi connectivity index (χ3v) is 8.39. The van der Waals surface area contributed by atoms with Crippen LogP contribution in [0.1, 0.15) is 47.2 Å². The van der Waals surface area contributed by atoms with Gasteiger partial charge >= 0.3 is 0 Å². The van der Waals surface area contributed by atoms with Gasteiger partial charge in [-0.1, -0.05) is 91.2 Å². The highest BCUT2D eigenvalue weighted by Gasteiger charge is 2.36. The molecule has 41 heavy (non-hydrogen) atoms. The molecule has 1 atom stereocenters. The van der Waals surface area contributed by atoms with Gasteiger partial charge in [0.1, 0.15) is 12.6 Å². The quantitative estimate of drug-likeness (QED) is 0.264. The highest BCUT2D eigenvalue weighted by atomic mass is 35.5. The molecule has 4 aromatic rings. The van der Waals surface area contributed by atoms with Gasteiger partial charge in [-0.15, -0.1) is 0 Å². The van der Waals surface area contributed by atoms with E-state index in [-0.39, 0.29) is 36.9 Å². The van der Waals surface area contributed by atoms with Crippen molar-refractivity contribution in [2.24, 2.45) is 0 Å². The fraction of sp³-hybridized carbons (Fsp3) is 0.265. The summed E-state index contributed by atoms with van der Waals surface area (Å²) in [5.74, 6) is -0.678. The molecular formula is C34H32ClN3O3. The van der Waals surface area contributed by atoms with E-state index < -0.39 is 6.04 Å². The molecular weight excluding hydrogens is 534 g/mol. The number of benzene rings is 4. The molecule has 4 aromatic carbocycles. The second-order valence-electron chi connectivity index (χ2n) is 10.9. The van der Waals surface area contributed by atoms with E-state index in [0.29, 0.717) is 22.7 Å². The summed E-state index contributed by atoms with van der Waals surface area (Å²) in [6, 6.07) is 27.8. The van der Waals surface area contributed by atoms with E-state index in [1.165, 1.54) is 0 Å². The number of hydrogen-bond acceptors (Lipinski definition) is 3. The van der Waals surface area contributed by atoms with Crippen LogP contribution in [0.5, 0.6) is 0 Å². The highest BCUT2D eigenvalue weighted by Crippen LogP contribution is 2.37. The molecule has 0 unspecified atom stereocenters. The minimum absolute atomic E-state index is 0.108. The number of rotatable bonds is 9. The molecule has 1 aliphatic carbocycles. The molecule has 3 amide bonds. The van der Waals surface area contributed by atoms with Crippen molar-refractivity contribution in [3.05, 3.63) is 113 Å². The molecule has 0 bridgehead atoms. The standard InChI is InChI=1S/C34H32ClN3O3/c35-26-14-6-11-24(19-26)21-37(30(20-23-9-2-1-3-10-23)33(40)36-27-15-4-5-16-27)31(39)22-38-29-18-8-13-25-12-7-17-28(32(25)29)34(38)41/h1-3,6-14,17-19,27,30H,4-5,15-16,20-22H2,(H,36,40)/t30-/m0/s1. The molecule has 6 rings (SSSR count). The average molecular weight is 566 g/mol. The number of nitrogens with one attached hydrogen (secondary N) is 1. The Morgan fingerprint density at radius 3 is 2.37 bits per heavy atom. The van der Waals surface area contributed by atoms with Crippen molar-refractivity contribution in [2.45, 2.75) is 50.7 Å². The monoisotopic (exact) mass is 565 g/mol. The predicted octanol–water partition coefficient (Wildman–Crippen LogP) is 6.15. The Hall–Kier alpha value is -4.16. The van der Waals surface area contributed by atoms with Gasteiger partial charge in [0.15, 0.2) is 0 Å². The summed E-state index contributed by atoms with van der Waals surface area (Å²) in [7, 11) is 0. The first-order valence-electron chi connectivity index (χ1n) is 14.2. The lowest BCUT2D eigenvalue weighted by atomic mass is 10.0. The summed E-state index contributed by atoms with van der Waals surface area (Å²) in [6.07, 6.45) is 4.41. The highest BCUT2D eigenvalue weighted by molar-refractivity contribution is 6.30. The third-order valence-electron chi connectivity index (χ3n) is 8.16. The molecule has 1 heterocycles. The summed E-state index contributed by atoms with van der Waals surface area (Å²) in [4.78, 5) is 44.9. The number of hydrogen-bond donors (Lipinski definition) is 1. The molecule has 0 aromatic heterocycles. The molecule has 7 heteroatoms. The minimum Gasteiger partial charge on any atom is -0.352 e. The largest absolute Gasteiger partial charge is 0.352 e. The first kappa shape index (κ1) is 27.0. The fourth-order valence-electron chi connectivity index (χ4n) is 6.12. The van der Waals surface area contributed by atoms with Gasteiger partial charge in [-0.3, -0.25) is 19.3 Å². The average Bonchev–Trinajstić information content (AvgIpc) is 3.59. The Kier molecular flexibility index (Phi) is 7.75. The second kappa shape index (κ2) is 11.8. The van der Waals surface area contributed by atoms with E-state index in [4.69, 9.17) is 11.6 Å². The summed E-state index contributed by atoms with van der Waals surface area (Å²) in [6.45, 7) is 0.0172. The van der Waals surface area contributed by atoms with E-state index in [0.717, 1.165) is 47.6 Å². The summed E-state index contributed by atoms with van der Waals surface area (Å²) in [5, 5.41) is 5.59. The first-order valence-corrected chi connectivity index (χ1v) is 14.6.